The molecule has 1 heterocycles. The highest BCUT2D eigenvalue weighted by atomic mass is 16.4. The van der Waals surface area contributed by atoms with Crippen molar-refractivity contribution in [3.05, 3.63) is 65.7 Å². The molecule has 1 aliphatic rings. The summed E-state index contributed by atoms with van der Waals surface area (Å²) in [5.41, 5.74) is 7.43. The number of aliphatic hydroxyl groups excluding tert-OH is 2. The maximum atomic E-state index is 14.2. The van der Waals surface area contributed by atoms with Crippen LogP contribution in [0.15, 0.2) is 54.6 Å². The molecule has 2 aromatic carbocycles. The maximum Gasteiger partial charge on any atom is 0.328 e. The number of phenolic OH excluding ortho intramolecular Hbond substituents is 1. The topological polar surface area (TPSA) is 356 Å². The van der Waals surface area contributed by atoms with E-state index in [0.717, 1.165) is 12.5 Å². The number of aliphatic carboxylic acids is 2. The summed E-state index contributed by atoms with van der Waals surface area (Å²) < 4.78 is 0. The molecule has 368 valence electrons. The number of carboxylic acid groups (broad SMARTS) is 2. The van der Waals surface area contributed by atoms with Crippen molar-refractivity contribution >= 4 is 53.3 Å². The van der Waals surface area contributed by atoms with Crippen LogP contribution in [0.1, 0.15) is 71.4 Å². The van der Waals surface area contributed by atoms with Crippen LogP contribution < -0.4 is 37.6 Å². The predicted octanol–water partition coefficient (Wildman–Crippen LogP) is -1.96. The standard InChI is InChI=1S/C45H64N8O14/c1-23(2)18-32(44(65)53-17-9-12-34(53)42(63)50-33(22-54)41(62)51-36(24(3)4)43(64)52-37(25(5)55)45(66)67)49-40(61)31(21-35(57)58)48-39(60)30(20-27-13-15-28(56)16-14-27)47-38(59)29(46)19-26-10-7-6-8-11-26/h6-8,10-11,13-16,23-25,29-34,36-37,54-56H,9,12,17-22,46H2,1-5H3,(H,47,59)(H,48,60)(H,49,61)(H,50,63)(H,51,62)(H,52,64)(H,57,58)(H,66,67)/t25-,29+,30+,31+,32+,33+,34+,36+,37+/m1/s1. The van der Waals surface area contributed by atoms with Gasteiger partial charge in [0.25, 0.3) is 0 Å². The van der Waals surface area contributed by atoms with Crippen LogP contribution in [0.5, 0.6) is 5.75 Å². The number of carboxylic acids is 2. The molecule has 0 spiro atoms. The Hall–Kier alpha value is -6.65. The van der Waals surface area contributed by atoms with E-state index >= 15 is 0 Å². The zero-order chi connectivity index (χ0) is 50.1. The summed E-state index contributed by atoms with van der Waals surface area (Å²) >= 11 is 0. The first-order valence-electron chi connectivity index (χ1n) is 22.0. The van der Waals surface area contributed by atoms with Gasteiger partial charge in [-0.05, 0) is 67.7 Å². The lowest BCUT2D eigenvalue weighted by atomic mass is 10.0. The minimum atomic E-state index is -1.77. The maximum absolute atomic E-state index is 14.2. The number of benzene rings is 2. The molecular formula is C45H64N8O14. The second-order valence-corrected chi connectivity index (χ2v) is 17.3. The number of likely N-dealkylation sites (tertiary alicyclic amines) is 1. The van der Waals surface area contributed by atoms with Crippen LogP contribution in [-0.4, -0.2) is 151 Å². The van der Waals surface area contributed by atoms with Crippen molar-refractivity contribution in [3.8, 4) is 5.75 Å². The minimum absolute atomic E-state index is 0.000107. The molecule has 67 heavy (non-hydrogen) atoms. The molecule has 1 aliphatic heterocycles. The molecule has 0 radical (unpaired) electrons. The summed E-state index contributed by atoms with van der Waals surface area (Å²) in [7, 11) is 0. The Balaban J connectivity index is 1.80. The number of hydrogen-bond donors (Lipinski definition) is 12. The van der Waals surface area contributed by atoms with Crippen LogP contribution in [0.25, 0.3) is 0 Å². The van der Waals surface area contributed by atoms with Crippen molar-refractivity contribution in [1.82, 2.24) is 36.8 Å². The monoisotopic (exact) mass is 940 g/mol. The summed E-state index contributed by atoms with van der Waals surface area (Å²) in [5, 5.41) is 63.4. The predicted molar refractivity (Wildman–Crippen MR) is 239 cm³/mol. The van der Waals surface area contributed by atoms with E-state index in [4.69, 9.17) is 5.73 Å². The number of nitrogens with zero attached hydrogens (tertiary/aromatic N) is 1. The number of nitrogens with one attached hydrogen (secondary N) is 6. The number of hydrogen-bond acceptors (Lipinski definition) is 13. The summed E-state index contributed by atoms with van der Waals surface area (Å²) in [6.45, 7) is 6.82. The van der Waals surface area contributed by atoms with Gasteiger partial charge in [-0.3, -0.25) is 38.4 Å². The normalized spacial score (nSPS) is 17.1. The van der Waals surface area contributed by atoms with E-state index in [-0.39, 0.29) is 43.9 Å². The van der Waals surface area contributed by atoms with E-state index in [9.17, 15) is 68.7 Å². The van der Waals surface area contributed by atoms with Gasteiger partial charge >= 0.3 is 11.9 Å². The highest BCUT2D eigenvalue weighted by Crippen LogP contribution is 2.21. The highest BCUT2D eigenvalue weighted by molar-refractivity contribution is 5.98. The molecule has 1 fully saturated rings. The van der Waals surface area contributed by atoms with Gasteiger partial charge in [-0.25, -0.2) is 4.79 Å². The van der Waals surface area contributed by atoms with E-state index < -0.39 is 127 Å². The molecule has 0 unspecified atom stereocenters. The van der Waals surface area contributed by atoms with Crippen molar-refractivity contribution in [1.29, 1.82) is 0 Å². The van der Waals surface area contributed by atoms with Crippen LogP contribution in [-0.2, 0) is 56.0 Å². The molecule has 22 heteroatoms. The second kappa shape index (κ2) is 25.9. The number of nitrogens with two attached hydrogens (primary N) is 1. The van der Waals surface area contributed by atoms with Gasteiger partial charge in [0.1, 0.15) is 42.0 Å². The molecule has 1 saturated heterocycles. The minimum Gasteiger partial charge on any atom is -0.508 e. The zero-order valence-corrected chi connectivity index (χ0v) is 38.1. The Morgan fingerprint density at radius 2 is 1.22 bits per heavy atom. The quantitative estimate of drug-likeness (QED) is 0.0514. The van der Waals surface area contributed by atoms with Crippen molar-refractivity contribution in [3.63, 3.8) is 0 Å². The van der Waals surface area contributed by atoms with Crippen molar-refractivity contribution in [2.24, 2.45) is 17.6 Å². The fourth-order valence-electron chi connectivity index (χ4n) is 7.32. The molecule has 0 aliphatic carbocycles. The Bertz CT molecular complexity index is 2050. The first-order valence-corrected chi connectivity index (χ1v) is 22.0. The van der Waals surface area contributed by atoms with Crippen LogP contribution in [0, 0.1) is 11.8 Å². The molecule has 0 aromatic heterocycles. The van der Waals surface area contributed by atoms with Gasteiger partial charge in [-0.1, -0.05) is 70.2 Å². The zero-order valence-electron chi connectivity index (χ0n) is 38.1. The van der Waals surface area contributed by atoms with Gasteiger partial charge in [0.15, 0.2) is 6.04 Å². The van der Waals surface area contributed by atoms with Crippen LogP contribution in [0.3, 0.4) is 0 Å². The summed E-state index contributed by atoms with van der Waals surface area (Å²) in [6, 6.07) is 3.09. The van der Waals surface area contributed by atoms with Gasteiger partial charge in [-0.2, -0.15) is 0 Å². The molecular weight excluding hydrogens is 877 g/mol. The Labute approximate surface area is 387 Å². The lowest BCUT2D eigenvalue weighted by molar-refractivity contribution is -0.145. The largest absolute Gasteiger partial charge is 0.508 e. The average Bonchev–Trinajstić information content (AvgIpc) is 3.76. The third-order valence-electron chi connectivity index (χ3n) is 10.9. The molecule has 3 rings (SSSR count). The molecule has 9 atom stereocenters. The third kappa shape index (κ3) is 16.9. The van der Waals surface area contributed by atoms with Crippen LogP contribution in [0.2, 0.25) is 0 Å². The summed E-state index contributed by atoms with van der Waals surface area (Å²) in [6.07, 6.45) is -2.04. The molecule has 22 nitrogen and oxygen atoms in total. The number of aliphatic hydroxyl groups is 2. The number of carbonyl (C=O) groups excluding carboxylic acids is 7. The number of phenols is 1. The molecule has 0 bridgehead atoms. The second-order valence-electron chi connectivity index (χ2n) is 17.3. The van der Waals surface area contributed by atoms with Crippen LogP contribution in [0.4, 0.5) is 0 Å². The van der Waals surface area contributed by atoms with Crippen molar-refractivity contribution in [2.75, 3.05) is 13.2 Å². The van der Waals surface area contributed by atoms with Crippen LogP contribution >= 0.6 is 0 Å². The number of amides is 7. The van der Waals surface area contributed by atoms with Gasteiger partial charge in [0.2, 0.25) is 41.4 Å². The van der Waals surface area contributed by atoms with E-state index in [2.05, 4.69) is 31.9 Å². The number of aromatic hydroxyl groups is 1. The fraction of sp³-hybridized carbons (Fsp3) is 0.533. The number of carbonyl (C=O) groups is 9. The first kappa shape index (κ1) is 54.7. The van der Waals surface area contributed by atoms with E-state index in [1.807, 2.05) is 0 Å². The first-order chi connectivity index (χ1) is 31.5. The SMILES string of the molecule is CC(C)C[C@H](NC(=O)[C@H](CC(=O)O)NC(=O)[C@H](Cc1ccc(O)cc1)NC(=O)[C@@H](N)Cc1ccccc1)C(=O)N1CCC[C@H]1C(=O)N[C@@H](CO)C(=O)N[C@H](C(=O)N[C@H](C(=O)O)[C@@H](C)O)C(C)C. The van der Waals surface area contributed by atoms with E-state index in [1.54, 1.807) is 58.0 Å². The Morgan fingerprint density at radius 1 is 0.672 bits per heavy atom. The fourth-order valence-corrected chi connectivity index (χ4v) is 7.32. The van der Waals surface area contributed by atoms with E-state index in [0.29, 0.717) is 12.0 Å². The molecule has 7 amide bonds. The van der Waals surface area contributed by atoms with E-state index in [1.165, 1.54) is 29.2 Å². The lowest BCUT2D eigenvalue weighted by Gasteiger charge is -2.31. The average molecular weight is 941 g/mol. The molecule has 13 N–H and O–H groups in total. The smallest absolute Gasteiger partial charge is 0.328 e. The summed E-state index contributed by atoms with van der Waals surface area (Å²) in [4.78, 5) is 120. The molecule has 2 aromatic rings. The van der Waals surface area contributed by atoms with Gasteiger partial charge < -0.3 is 68.1 Å². The lowest BCUT2D eigenvalue weighted by Crippen LogP contribution is -2.61. The Morgan fingerprint density at radius 3 is 1.78 bits per heavy atom. The summed E-state index contributed by atoms with van der Waals surface area (Å²) in [5.74, 6) is -10.2. The highest BCUT2D eigenvalue weighted by Gasteiger charge is 2.41. The van der Waals surface area contributed by atoms with Gasteiger partial charge in [0, 0.05) is 13.0 Å². The van der Waals surface area contributed by atoms with Gasteiger partial charge in [-0.15, -0.1) is 0 Å². The van der Waals surface area contributed by atoms with Crippen molar-refractivity contribution in [2.45, 2.75) is 128 Å². The number of rotatable bonds is 25. The molecule has 0 saturated carbocycles. The third-order valence-corrected chi connectivity index (χ3v) is 10.9. The van der Waals surface area contributed by atoms with Crippen molar-refractivity contribution < 1.29 is 68.7 Å². The van der Waals surface area contributed by atoms with Gasteiger partial charge in [0.05, 0.1) is 25.2 Å². The Kier molecular flexibility index (Phi) is 21.1.